The van der Waals surface area contributed by atoms with Gasteiger partial charge >= 0.3 is 0 Å². The summed E-state index contributed by atoms with van der Waals surface area (Å²) in [5.41, 5.74) is 1.68. The standard InChI is InChI=1S/C16H19N3O2/c1-2-9-19(16(20)12-6-7-12)11-13-10-15(18-21-13)14-5-3-4-8-17-14/h2-5,8,12-13H,1,6-7,9-11H2/t13-/m0/s1. The molecule has 1 amide bonds. The molecule has 1 fully saturated rings. The Bertz CT molecular complexity index is 552. The van der Waals surface area contributed by atoms with E-state index in [1.54, 1.807) is 12.3 Å². The number of carbonyl (C=O) groups is 1. The largest absolute Gasteiger partial charge is 0.390 e. The fraction of sp³-hybridized carbons (Fsp3) is 0.438. The third-order valence-electron chi connectivity index (χ3n) is 3.71. The number of pyridine rings is 1. The molecule has 0 N–H and O–H groups in total. The molecule has 0 aromatic carbocycles. The molecule has 0 spiro atoms. The van der Waals surface area contributed by atoms with Crippen LogP contribution in [0.4, 0.5) is 0 Å². The lowest BCUT2D eigenvalue weighted by molar-refractivity contribution is -0.133. The summed E-state index contributed by atoms with van der Waals surface area (Å²) in [6, 6.07) is 5.72. The Morgan fingerprint density at radius 1 is 1.48 bits per heavy atom. The van der Waals surface area contributed by atoms with E-state index in [0.29, 0.717) is 19.5 Å². The molecule has 21 heavy (non-hydrogen) atoms. The first-order valence-electron chi connectivity index (χ1n) is 7.31. The van der Waals surface area contributed by atoms with Crippen molar-refractivity contribution in [3.05, 3.63) is 42.7 Å². The monoisotopic (exact) mass is 285 g/mol. The molecule has 5 nitrogen and oxygen atoms in total. The van der Waals surface area contributed by atoms with Gasteiger partial charge in [0.15, 0.2) is 6.10 Å². The molecule has 110 valence electrons. The molecule has 1 atom stereocenters. The van der Waals surface area contributed by atoms with Gasteiger partial charge in [-0.15, -0.1) is 6.58 Å². The lowest BCUT2D eigenvalue weighted by Crippen LogP contribution is -2.38. The topological polar surface area (TPSA) is 54.8 Å². The van der Waals surface area contributed by atoms with E-state index in [1.807, 2.05) is 23.1 Å². The van der Waals surface area contributed by atoms with Crippen molar-refractivity contribution in [2.24, 2.45) is 11.1 Å². The van der Waals surface area contributed by atoms with E-state index in [4.69, 9.17) is 4.84 Å². The predicted molar refractivity (Wildman–Crippen MR) is 79.8 cm³/mol. The van der Waals surface area contributed by atoms with Crippen molar-refractivity contribution in [3.8, 4) is 0 Å². The van der Waals surface area contributed by atoms with E-state index in [-0.39, 0.29) is 17.9 Å². The number of carbonyl (C=O) groups excluding carboxylic acids is 1. The Balaban J connectivity index is 1.59. The number of rotatable bonds is 6. The highest BCUT2D eigenvalue weighted by Crippen LogP contribution is 2.31. The van der Waals surface area contributed by atoms with Gasteiger partial charge in [0.25, 0.3) is 0 Å². The van der Waals surface area contributed by atoms with Gasteiger partial charge in [-0.05, 0) is 25.0 Å². The molecule has 0 bridgehead atoms. The Kier molecular flexibility index (Phi) is 3.99. The molecule has 1 aromatic rings. The van der Waals surface area contributed by atoms with Crippen LogP contribution in [0.1, 0.15) is 25.0 Å². The minimum absolute atomic E-state index is 0.0929. The first-order valence-corrected chi connectivity index (χ1v) is 7.31. The zero-order valence-corrected chi connectivity index (χ0v) is 11.9. The van der Waals surface area contributed by atoms with Crippen molar-refractivity contribution in [1.29, 1.82) is 0 Å². The SMILES string of the molecule is C=CCN(C[C@@H]1CC(c2ccccn2)=NO1)C(=O)C1CC1. The van der Waals surface area contributed by atoms with Gasteiger partial charge in [0.05, 0.1) is 12.2 Å². The summed E-state index contributed by atoms with van der Waals surface area (Å²) in [6.07, 6.45) is 6.11. The average Bonchev–Trinajstić information content (AvgIpc) is 3.26. The quantitative estimate of drug-likeness (QED) is 0.751. The highest BCUT2D eigenvalue weighted by Gasteiger charge is 2.35. The summed E-state index contributed by atoms with van der Waals surface area (Å²) >= 11 is 0. The fourth-order valence-electron chi connectivity index (χ4n) is 2.46. The number of aromatic nitrogens is 1. The van der Waals surface area contributed by atoms with Crippen molar-refractivity contribution < 1.29 is 9.63 Å². The van der Waals surface area contributed by atoms with Crippen LogP contribution in [0.5, 0.6) is 0 Å². The Morgan fingerprint density at radius 3 is 3.00 bits per heavy atom. The molecule has 2 aliphatic rings. The maximum atomic E-state index is 12.2. The zero-order chi connectivity index (χ0) is 14.7. The summed E-state index contributed by atoms with van der Waals surface area (Å²) in [5.74, 6) is 0.423. The third-order valence-corrected chi connectivity index (χ3v) is 3.71. The summed E-state index contributed by atoms with van der Waals surface area (Å²) in [5, 5.41) is 4.11. The highest BCUT2D eigenvalue weighted by atomic mass is 16.6. The number of amides is 1. The molecule has 1 aliphatic carbocycles. The van der Waals surface area contributed by atoms with E-state index >= 15 is 0 Å². The second-order valence-electron chi connectivity index (χ2n) is 5.49. The van der Waals surface area contributed by atoms with Crippen molar-refractivity contribution in [2.75, 3.05) is 13.1 Å². The van der Waals surface area contributed by atoms with Crippen LogP contribution in [-0.2, 0) is 9.63 Å². The van der Waals surface area contributed by atoms with Crippen molar-refractivity contribution in [3.63, 3.8) is 0 Å². The molecule has 5 heteroatoms. The van der Waals surface area contributed by atoms with E-state index in [0.717, 1.165) is 24.2 Å². The maximum absolute atomic E-state index is 12.2. The number of hydrogen-bond acceptors (Lipinski definition) is 4. The molecule has 0 radical (unpaired) electrons. The molecule has 0 saturated heterocycles. The van der Waals surface area contributed by atoms with Crippen LogP contribution in [0.25, 0.3) is 0 Å². The van der Waals surface area contributed by atoms with Crippen LogP contribution in [0.3, 0.4) is 0 Å². The highest BCUT2D eigenvalue weighted by molar-refractivity contribution is 5.99. The summed E-state index contributed by atoms with van der Waals surface area (Å²) < 4.78 is 0. The van der Waals surface area contributed by atoms with Gasteiger partial charge in [-0.25, -0.2) is 0 Å². The molecule has 2 heterocycles. The number of oxime groups is 1. The van der Waals surface area contributed by atoms with Gasteiger partial charge < -0.3 is 9.74 Å². The van der Waals surface area contributed by atoms with Crippen LogP contribution in [0.2, 0.25) is 0 Å². The zero-order valence-electron chi connectivity index (χ0n) is 11.9. The van der Waals surface area contributed by atoms with Crippen molar-refractivity contribution in [2.45, 2.75) is 25.4 Å². The van der Waals surface area contributed by atoms with Crippen LogP contribution in [-0.4, -0.2) is 40.7 Å². The van der Waals surface area contributed by atoms with Gasteiger partial charge in [-0.1, -0.05) is 17.3 Å². The van der Waals surface area contributed by atoms with E-state index in [1.165, 1.54) is 0 Å². The normalized spacial score (nSPS) is 20.6. The van der Waals surface area contributed by atoms with Gasteiger partial charge in [0, 0.05) is 25.1 Å². The van der Waals surface area contributed by atoms with Crippen molar-refractivity contribution >= 4 is 11.6 Å². The van der Waals surface area contributed by atoms with Crippen LogP contribution < -0.4 is 0 Å². The second kappa shape index (κ2) is 6.08. The molecular formula is C16H19N3O2. The second-order valence-corrected chi connectivity index (χ2v) is 5.49. The molecule has 1 aliphatic heterocycles. The summed E-state index contributed by atoms with van der Waals surface area (Å²) in [6.45, 7) is 4.85. The minimum Gasteiger partial charge on any atom is -0.390 e. The summed E-state index contributed by atoms with van der Waals surface area (Å²) in [4.78, 5) is 23.8. The molecule has 1 aromatic heterocycles. The van der Waals surface area contributed by atoms with E-state index in [2.05, 4.69) is 16.7 Å². The fourth-order valence-corrected chi connectivity index (χ4v) is 2.46. The van der Waals surface area contributed by atoms with Crippen LogP contribution >= 0.6 is 0 Å². The lowest BCUT2D eigenvalue weighted by atomic mass is 10.1. The van der Waals surface area contributed by atoms with Gasteiger partial charge in [-0.3, -0.25) is 9.78 Å². The molecule has 1 saturated carbocycles. The smallest absolute Gasteiger partial charge is 0.226 e. The number of nitrogens with zero attached hydrogens (tertiary/aromatic N) is 3. The lowest BCUT2D eigenvalue weighted by Gasteiger charge is -2.23. The van der Waals surface area contributed by atoms with Gasteiger partial charge in [0.2, 0.25) is 5.91 Å². The van der Waals surface area contributed by atoms with Gasteiger partial charge in [0.1, 0.15) is 5.71 Å². The van der Waals surface area contributed by atoms with Crippen LogP contribution in [0, 0.1) is 5.92 Å². The Morgan fingerprint density at radius 2 is 2.33 bits per heavy atom. The number of hydrogen-bond donors (Lipinski definition) is 0. The first kappa shape index (κ1) is 13.8. The van der Waals surface area contributed by atoms with E-state index < -0.39 is 0 Å². The first-order chi connectivity index (χ1) is 10.3. The van der Waals surface area contributed by atoms with E-state index in [9.17, 15) is 4.79 Å². The molecule has 0 unspecified atom stereocenters. The third kappa shape index (κ3) is 3.29. The average molecular weight is 285 g/mol. The Labute approximate surface area is 124 Å². The molecule has 3 rings (SSSR count). The summed E-state index contributed by atoms with van der Waals surface area (Å²) in [7, 11) is 0. The van der Waals surface area contributed by atoms with Gasteiger partial charge in [-0.2, -0.15) is 0 Å². The predicted octanol–water partition coefficient (Wildman–Crippen LogP) is 2.00. The van der Waals surface area contributed by atoms with Crippen LogP contribution in [0.15, 0.2) is 42.2 Å². The minimum atomic E-state index is -0.0929. The Hall–Kier alpha value is -2.17. The maximum Gasteiger partial charge on any atom is 0.226 e. The molecular weight excluding hydrogens is 266 g/mol. The van der Waals surface area contributed by atoms with Crippen molar-refractivity contribution in [1.82, 2.24) is 9.88 Å².